The van der Waals surface area contributed by atoms with Crippen LogP contribution in [0.15, 0.2) is 29.3 Å². The van der Waals surface area contributed by atoms with Crippen LogP contribution in [0.25, 0.3) is 0 Å². The van der Waals surface area contributed by atoms with E-state index in [0.29, 0.717) is 16.6 Å². The molecule has 0 bridgehead atoms. The Morgan fingerprint density at radius 2 is 1.88 bits per heavy atom. The summed E-state index contributed by atoms with van der Waals surface area (Å²) in [5.41, 5.74) is 13.5. The standard InChI is InChI=1S/C15H13BN8O2/c17-5-9-11(19)10-12(7-1-3-8(4-2-7)16(25)26)22-15(21-6-18)24-14(10)23-13(9)20/h1-4,12,25-26H,(H6,19,20,21,22,23,24). The van der Waals surface area contributed by atoms with Crippen LogP contribution in [-0.4, -0.2) is 28.1 Å². The van der Waals surface area contributed by atoms with Crippen molar-refractivity contribution < 1.29 is 10.0 Å². The minimum Gasteiger partial charge on any atom is -0.423 e. The van der Waals surface area contributed by atoms with Crippen LogP contribution in [0.4, 0.5) is 17.3 Å². The van der Waals surface area contributed by atoms with Crippen LogP contribution in [0, 0.1) is 22.8 Å². The van der Waals surface area contributed by atoms with E-state index in [1.54, 1.807) is 18.3 Å². The summed E-state index contributed by atoms with van der Waals surface area (Å²) in [6.45, 7) is 0. The Labute approximate surface area is 148 Å². The lowest BCUT2D eigenvalue weighted by Gasteiger charge is -2.26. The van der Waals surface area contributed by atoms with Gasteiger partial charge in [-0.3, -0.25) is 5.32 Å². The van der Waals surface area contributed by atoms with Crippen LogP contribution < -0.4 is 27.6 Å². The molecule has 10 nitrogen and oxygen atoms in total. The lowest BCUT2D eigenvalue weighted by molar-refractivity contribution is 0.426. The highest BCUT2D eigenvalue weighted by molar-refractivity contribution is 6.58. The van der Waals surface area contributed by atoms with Crippen LogP contribution in [0.5, 0.6) is 0 Å². The molecular weight excluding hydrogens is 335 g/mol. The monoisotopic (exact) mass is 348 g/mol. The summed E-state index contributed by atoms with van der Waals surface area (Å²) in [6, 6.07) is 7.59. The normalized spacial score (nSPS) is 14.9. The SMILES string of the molecule is N#CNC1=NC(c2ccc(B(O)O)cc2)c2c(nc(N)c(C#N)c2N)N1. The topological polar surface area (TPSA) is 189 Å². The van der Waals surface area contributed by atoms with Crippen molar-refractivity contribution in [1.29, 1.82) is 10.5 Å². The summed E-state index contributed by atoms with van der Waals surface area (Å²) in [7, 11) is -1.60. The minimum absolute atomic E-state index is 0.0352. The molecule has 3 rings (SSSR count). The van der Waals surface area contributed by atoms with Crippen LogP contribution in [0.3, 0.4) is 0 Å². The zero-order chi connectivity index (χ0) is 18.8. The van der Waals surface area contributed by atoms with Gasteiger partial charge in [0.1, 0.15) is 29.3 Å². The summed E-state index contributed by atoms with van der Waals surface area (Å²) in [5, 5.41) is 41.8. The number of rotatable bonds is 2. The van der Waals surface area contributed by atoms with Gasteiger partial charge in [0.05, 0.1) is 5.69 Å². The van der Waals surface area contributed by atoms with Crippen molar-refractivity contribution in [3.63, 3.8) is 0 Å². The van der Waals surface area contributed by atoms with Crippen LogP contribution >= 0.6 is 0 Å². The molecule has 1 aromatic carbocycles. The highest BCUT2D eigenvalue weighted by Crippen LogP contribution is 2.40. The predicted molar refractivity (Wildman–Crippen MR) is 95.7 cm³/mol. The molecule has 1 aliphatic rings. The molecule has 128 valence electrons. The zero-order valence-corrected chi connectivity index (χ0v) is 13.3. The van der Waals surface area contributed by atoms with E-state index < -0.39 is 13.2 Å². The molecule has 0 radical (unpaired) electrons. The van der Waals surface area contributed by atoms with Crippen molar-refractivity contribution in [2.24, 2.45) is 4.99 Å². The number of guanidine groups is 1. The number of pyridine rings is 1. The van der Waals surface area contributed by atoms with Crippen LogP contribution in [0.1, 0.15) is 22.7 Å². The van der Waals surface area contributed by atoms with E-state index in [-0.39, 0.29) is 28.8 Å². The van der Waals surface area contributed by atoms with E-state index in [2.05, 4.69) is 20.6 Å². The quantitative estimate of drug-likeness (QED) is 0.218. The van der Waals surface area contributed by atoms with Gasteiger partial charge in [-0.25, -0.2) is 9.98 Å². The second-order valence-electron chi connectivity index (χ2n) is 5.44. The van der Waals surface area contributed by atoms with Crippen molar-refractivity contribution in [3.05, 3.63) is 41.0 Å². The highest BCUT2D eigenvalue weighted by Gasteiger charge is 2.29. The number of aromatic nitrogens is 1. The number of benzene rings is 1. The average Bonchev–Trinajstić information content (AvgIpc) is 2.61. The Balaban J connectivity index is 2.18. The number of hydrogen-bond acceptors (Lipinski definition) is 10. The Bertz CT molecular complexity index is 975. The minimum atomic E-state index is -1.60. The highest BCUT2D eigenvalue weighted by atomic mass is 16.4. The van der Waals surface area contributed by atoms with E-state index in [9.17, 15) is 15.3 Å². The van der Waals surface area contributed by atoms with E-state index >= 15 is 0 Å². The molecule has 0 fully saturated rings. The Morgan fingerprint density at radius 3 is 2.46 bits per heavy atom. The maximum absolute atomic E-state index is 9.27. The molecule has 0 saturated heterocycles. The number of nitriles is 2. The maximum atomic E-state index is 9.27. The second-order valence-corrected chi connectivity index (χ2v) is 5.44. The van der Waals surface area contributed by atoms with Gasteiger partial charge >= 0.3 is 7.12 Å². The molecule has 2 heterocycles. The van der Waals surface area contributed by atoms with Crippen molar-refractivity contribution >= 4 is 35.9 Å². The molecule has 8 N–H and O–H groups in total. The van der Waals surface area contributed by atoms with Crippen molar-refractivity contribution in [3.8, 4) is 12.3 Å². The third-order valence-corrected chi connectivity index (χ3v) is 3.91. The number of fused-ring (bicyclic) bond motifs is 1. The lowest BCUT2D eigenvalue weighted by atomic mass is 9.79. The fourth-order valence-corrected chi connectivity index (χ4v) is 2.67. The van der Waals surface area contributed by atoms with E-state index in [1.807, 2.05) is 6.07 Å². The third kappa shape index (κ3) is 2.84. The summed E-state index contributed by atoms with van der Waals surface area (Å²) < 4.78 is 0. The van der Waals surface area contributed by atoms with Gasteiger partial charge in [-0.05, 0) is 11.0 Å². The maximum Gasteiger partial charge on any atom is 0.488 e. The van der Waals surface area contributed by atoms with Crippen molar-refractivity contribution in [1.82, 2.24) is 10.3 Å². The molecule has 1 aliphatic heterocycles. The first kappa shape index (κ1) is 17.0. The molecule has 26 heavy (non-hydrogen) atoms. The van der Waals surface area contributed by atoms with Crippen LogP contribution in [0.2, 0.25) is 0 Å². The van der Waals surface area contributed by atoms with Gasteiger partial charge in [0, 0.05) is 5.56 Å². The predicted octanol–water partition coefficient (Wildman–Crippen LogP) is -1.26. The van der Waals surface area contributed by atoms with Gasteiger partial charge in [-0.1, -0.05) is 24.3 Å². The number of nitrogen functional groups attached to an aromatic ring is 2. The molecule has 0 saturated carbocycles. The van der Waals surface area contributed by atoms with Gasteiger partial charge < -0.3 is 26.8 Å². The number of anilines is 3. The second kappa shape index (κ2) is 6.60. The van der Waals surface area contributed by atoms with Gasteiger partial charge in [0.2, 0.25) is 5.96 Å². The van der Waals surface area contributed by atoms with Gasteiger partial charge in [-0.2, -0.15) is 10.5 Å². The van der Waals surface area contributed by atoms with E-state index in [4.69, 9.17) is 16.7 Å². The van der Waals surface area contributed by atoms with Gasteiger partial charge in [0.15, 0.2) is 6.19 Å². The Morgan fingerprint density at radius 1 is 1.19 bits per heavy atom. The summed E-state index contributed by atoms with van der Waals surface area (Å²) in [4.78, 5) is 8.55. The molecular formula is C15H13BN8O2. The molecule has 2 aromatic rings. The first-order valence-electron chi connectivity index (χ1n) is 7.41. The molecule has 11 heteroatoms. The number of nitrogens with zero attached hydrogens (tertiary/aromatic N) is 4. The first-order valence-corrected chi connectivity index (χ1v) is 7.41. The number of hydrogen-bond donors (Lipinski definition) is 6. The molecule has 1 aromatic heterocycles. The largest absolute Gasteiger partial charge is 0.488 e. The lowest BCUT2D eigenvalue weighted by Crippen LogP contribution is -2.33. The number of aliphatic imine (C=N–C) groups is 1. The Hall–Kier alpha value is -3.80. The van der Waals surface area contributed by atoms with Crippen molar-refractivity contribution in [2.75, 3.05) is 16.8 Å². The fourth-order valence-electron chi connectivity index (χ4n) is 2.67. The summed E-state index contributed by atoms with van der Waals surface area (Å²) in [5.74, 6) is 0.391. The summed E-state index contributed by atoms with van der Waals surface area (Å²) >= 11 is 0. The first-order chi connectivity index (χ1) is 12.5. The van der Waals surface area contributed by atoms with Crippen LogP contribution in [-0.2, 0) is 0 Å². The molecule has 1 unspecified atom stereocenters. The van der Waals surface area contributed by atoms with Gasteiger partial charge in [0.25, 0.3) is 0 Å². The third-order valence-electron chi connectivity index (χ3n) is 3.91. The summed E-state index contributed by atoms with van der Waals surface area (Å²) in [6.07, 6.45) is 1.76. The molecule has 1 atom stereocenters. The average molecular weight is 348 g/mol. The zero-order valence-electron chi connectivity index (χ0n) is 13.3. The number of nitrogens with two attached hydrogens (primary N) is 2. The van der Waals surface area contributed by atoms with Crippen molar-refractivity contribution in [2.45, 2.75) is 6.04 Å². The van der Waals surface area contributed by atoms with E-state index in [1.165, 1.54) is 12.1 Å². The number of nitrogens with one attached hydrogen (secondary N) is 2. The Kier molecular flexibility index (Phi) is 4.33. The molecule has 0 amide bonds. The molecule has 0 aliphatic carbocycles. The van der Waals surface area contributed by atoms with E-state index in [0.717, 1.165) is 0 Å². The van der Waals surface area contributed by atoms with Gasteiger partial charge in [-0.15, -0.1) is 0 Å². The fraction of sp³-hybridized carbons (Fsp3) is 0.0667. The molecule has 0 spiro atoms. The smallest absolute Gasteiger partial charge is 0.423 e.